The maximum Gasteiger partial charge on any atom is 0.226 e. The monoisotopic (exact) mass is 466 g/mol. The van der Waals surface area contributed by atoms with Crippen molar-refractivity contribution in [2.75, 3.05) is 11.9 Å². The molecule has 0 spiro atoms. The van der Waals surface area contributed by atoms with Crippen LogP contribution in [0.15, 0.2) is 85.1 Å². The quantitative estimate of drug-likeness (QED) is 0.355. The fourth-order valence-electron chi connectivity index (χ4n) is 4.34. The number of hydrogen-bond donors (Lipinski definition) is 1. The predicted molar refractivity (Wildman–Crippen MR) is 134 cm³/mol. The van der Waals surface area contributed by atoms with E-state index in [0.29, 0.717) is 18.8 Å². The standard InChI is InChI=1S/C27H22N4O2S/c32-25-16-21(19-10-12-20(13-11-19)33-15-14-18-6-2-1-3-7-18)22-17-28-31(26(22)30-25)27-29-23-8-4-5-9-24(23)34-27/h1-13,17,21H,14-16H2,(H,30,32)/t21-/m0/s1. The molecule has 6 rings (SSSR count). The van der Waals surface area contributed by atoms with Crippen molar-refractivity contribution < 1.29 is 9.53 Å². The van der Waals surface area contributed by atoms with Gasteiger partial charge in [-0.05, 0) is 35.4 Å². The number of ether oxygens (including phenoxy) is 1. The van der Waals surface area contributed by atoms with Gasteiger partial charge in [0, 0.05) is 24.3 Å². The minimum absolute atomic E-state index is 0.0245. The van der Waals surface area contributed by atoms with Crippen LogP contribution in [0.1, 0.15) is 29.0 Å². The van der Waals surface area contributed by atoms with E-state index in [1.165, 1.54) is 5.56 Å². The lowest BCUT2D eigenvalue weighted by Gasteiger charge is -2.23. The Hall–Kier alpha value is -3.97. The molecule has 5 aromatic rings. The van der Waals surface area contributed by atoms with Gasteiger partial charge in [0.15, 0.2) is 0 Å². The number of nitrogens with zero attached hydrogens (tertiary/aromatic N) is 3. The van der Waals surface area contributed by atoms with Crippen LogP contribution in [0.2, 0.25) is 0 Å². The molecular formula is C27H22N4O2S. The maximum absolute atomic E-state index is 12.6. The first kappa shape index (κ1) is 20.6. The first-order valence-electron chi connectivity index (χ1n) is 11.2. The van der Waals surface area contributed by atoms with Gasteiger partial charge in [-0.2, -0.15) is 9.78 Å². The SMILES string of the molecule is O=C1C[C@@H](c2ccc(OCCc3ccccc3)cc2)c2cnn(-c3nc4ccccc4s3)c2N1. The second-order valence-corrected chi connectivity index (χ2v) is 9.29. The Morgan fingerprint density at radius 2 is 1.79 bits per heavy atom. The van der Waals surface area contributed by atoms with Crippen molar-refractivity contribution in [3.05, 3.63) is 102 Å². The fraction of sp³-hybridized carbons (Fsp3) is 0.148. The van der Waals surface area contributed by atoms with Crippen molar-refractivity contribution in [1.82, 2.24) is 14.8 Å². The number of amides is 1. The van der Waals surface area contributed by atoms with E-state index >= 15 is 0 Å². The van der Waals surface area contributed by atoms with E-state index in [0.717, 1.165) is 38.6 Å². The number of carbonyl (C=O) groups excluding carboxylic acids is 1. The number of rotatable bonds is 6. The second-order valence-electron chi connectivity index (χ2n) is 8.28. The van der Waals surface area contributed by atoms with Gasteiger partial charge in [0.2, 0.25) is 11.0 Å². The summed E-state index contributed by atoms with van der Waals surface area (Å²) >= 11 is 1.56. The molecular weight excluding hydrogens is 444 g/mol. The molecule has 2 aromatic heterocycles. The van der Waals surface area contributed by atoms with Crippen LogP contribution in [0.25, 0.3) is 15.3 Å². The van der Waals surface area contributed by atoms with E-state index in [-0.39, 0.29) is 11.8 Å². The summed E-state index contributed by atoms with van der Waals surface area (Å²) in [6.45, 7) is 0.619. The van der Waals surface area contributed by atoms with Gasteiger partial charge >= 0.3 is 0 Å². The van der Waals surface area contributed by atoms with Crippen molar-refractivity contribution in [2.45, 2.75) is 18.8 Å². The van der Waals surface area contributed by atoms with Gasteiger partial charge in [-0.25, -0.2) is 4.98 Å². The molecule has 0 bridgehead atoms. The summed E-state index contributed by atoms with van der Waals surface area (Å²) in [6.07, 6.45) is 3.09. The minimum Gasteiger partial charge on any atom is -0.493 e. The number of hydrogen-bond acceptors (Lipinski definition) is 5. The van der Waals surface area contributed by atoms with Crippen LogP contribution in [0.4, 0.5) is 5.82 Å². The van der Waals surface area contributed by atoms with Crippen LogP contribution in [0, 0.1) is 0 Å². The molecule has 0 aliphatic carbocycles. The first-order valence-corrected chi connectivity index (χ1v) is 12.1. The van der Waals surface area contributed by atoms with Gasteiger partial charge in [0.05, 0.1) is 23.0 Å². The number of anilines is 1. The smallest absolute Gasteiger partial charge is 0.226 e. The van der Waals surface area contributed by atoms with Crippen molar-refractivity contribution in [3.63, 3.8) is 0 Å². The molecule has 1 atom stereocenters. The third kappa shape index (κ3) is 3.95. The number of fused-ring (bicyclic) bond motifs is 2. The van der Waals surface area contributed by atoms with Crippen LogP contribution in [-0.4, -0.2) is 27.3 Å². The summed E-state index contributed by atoms with van der Waals surface area (Å²) in [4.78, 5) is 17.3. The first-order chi connectivity index (χ1) is 16.7. The van der Waals surface area contributed by atoms with E-state index < -0.39 is 0 Å². The largest absolute Gasteiger partial charge is 0.493 e. The van der Waals surface area contributed by atoms with Crippen LogP contribution >= 0.6 is 11.3 Å². The van der Waals surface area contributed by atoms with Crippen LogP contribution < -0.4 is 10.1 Å². The Balaban J connectivity index is 1.22. The lowest BCUT2D eigenvalue weighted by Crippen LogP contribution is -2.24. The molecule has 1 N–H and O–H groups in total. The number of carbonyl (C=O) groups is 1. The van der Waals surface area contributed by atoms with Gasteiger partial charge < -0.3 is 10.1 Å². The third-order valence-corrected chi connectivity index (χ3v) is 7.08. The van der Waals surface area contributed by atoms with Crippen molar-refractivity contribution in [2.24, 2.45) is 0 Å². The lowest BCUT2D eigenvalue weighted by atomic mass is 9.87. The Bertz CT molecular complexity index is 1420. The summed E-state index contributed by atoms with van der Waals surface area (Å²) in [6, 6.07) is 26.3. The molecule has 1 aliphatic heterocycles. The molecule has 0 saturated heterocycles. The highest BCUT2D eigenvalue weighted by atomic mass is 32.1. The number of thiazole rings is 1. The summed E-state index contributed by atoms with van der Waals surface area (Å²) in [5.41, 5.74) is 4.24. The molecule has 3 heterocycles. The van der Waals surface area contributed by atoms with E-state index in [4.69, 9.17) is 9.72 Å². The van der Waals surface area contributed by atoms with Crippen molar-refractivity contribution in [1.29, 1.82) is 0 Å². The highest BCUT2D eigenvalue weighted by Crippen LogP contribution is 2.39. The molecule has 7 heteroatoms. The number of benzene rings is 3. The third-order valence-electron chi connectivity index (χ3n) is 6.07. The van der Waals surface area contributed by atoms with Gasteiger partial charge in [-0.15, -0.1) is 0 Å². The van der Waals surface area contributed by atoms with Gasteiger partial charge in [0.25, 0.3) is 0 Å². The highest BCUT2D eigenvalue weighted by molar-refractivity contribution is 7.20. The van der Waals surface area contributed by atoms with Crippen LogP contribution in [0.3, 0.4) is 0 Å². The maximum atomic E-state index is 12.6. The number of para-hydroxylation sites is 1. The lowest BCUT2D eigenvalue weighted by molar-refractivity contribution is -0.116. The molecule has 0 saturated carbocycles. The molecule has 6 nitrogen and oxygen atoms in total. The molecule has 168 valence electrons. The normalized spacial score (nSPS) is 15.2. The fourth-order valence-corrected chi connectivity index (χ4v) is 5.27. The Kier molecular flexibility index (Phi) is 5.31. The number of aromatic nitrogens is 3. The zero-order chi connectivity index (χ0) is 22.9. The topological polar surface area (TPSA) is 69.0 Å². The van der Waals surface area contributed by atoms with Crippen molar-refractivity contribution >= 4 is 33.3 Å². The van der Waals surface area contributed by atoms with Gasteiger partial charge in [0.1, 0.15) is 11.6 Å². The van der Waals surface area contributed by atoms with Gasteiger partial charge in [-0.3, -0.25) is 4.79 Å². The van der Waals surface area contributed by atoms with Crippen LogP contribution in [-0.2, 0) is 11.2 Å². The van der Waals surface area contributed by atoms with Gasteiger partial charge in [-0.1, -0.05) is 65.9 Å². The average molecular weight is 467 g/mol. The van der Waals surface area contributed by atoms with Crippen LogP contribution in [0.5, 0.6) is 5.75 Å². The highest BCUT2D eigenvalue weighted by Gasteiger charge is 2.31. The molecule has 1 aliphatic rings. The number of nitrogens with one attached hydrogen (secondary N) is 1. The Morgan fingerprint density at radius 1 is 1.00 bits per heavy atom. The summed E-state index contributed by atoms with van der Waals surface area (Å²) in [5, 5.41) is 8.34. The molecule has 0 radical (unpaired) electrons. The molecule has 0 unspecified atom stereocenters. The molecule has 1 amide bonds. The summed E-state index contributed by atoms with van der Waals surface area (Å²) in [7, 11) is 0. The Labute approximate surface area is 200 Å². The second kappa shape index (κ2) is 8.76. The summed E-state index contributed by atoms with van der Waals surface area (Å²) < 4.78 is 8.76. The van der Waals surface area contributed by atoms with E-state index in [9.17, 15) is 4.79 Å². The average Bonchev–Trinajstić information content (AvgIpc) is 3.48. The van der Waals surface area contributed by atoms with E-state index in [1.54, 1.807) is 16.0 Å². The molecule has 34 heavy (non-hydrogen) atoms. The Morgan fingerprint density at radius 3 is 2.62 bits per heavy atom. The summed E-state index contributed by atoms with van der Waals surface area (Å²) in [5.74, 6) is 1.43. The minimum atomic E-state index is -0.0646. The van der Waals surface area contributed by atoms with E-state index in [2.05, 4.69) is 22.5 Å². The van der Waals surface area contributed by atoms with E-state index in [1.807, 2.05) is 72.9 Å². The molecule has 0 fully saturated rings. The zero-order valence-electron chi connectivity index (χ0n) is 18.3. The van der Waals surface area contributed by atoms with Crippen molar-refractivity contribution in [3.8, 4) is 10.9 Å². The molecule has 3 aromatic carbocycles. The zero-order valence-corrected chi connectivity index (χ0v) is 19.2. The predicted octanol–water partition coefficient (Wildman–Crippen LogP) is 5.58.